The molecule has 0 spiro atoms. The summed E-state index contributed by atoms with van der Waals surface area (Å²) in [6.45, 7) is 6.20. The van der Waals surface area contributed by atoms with Crippen molar-refractivity contribution < 1.29 is 9.21 Å². The number of piperidine rings is 2. The summed E-state index contributed by atoms with van der Waals surface area (Å²) in [6.07, 6.45) is 10.6. The van der Waals surface area contributed by atoms with Gasteiger partial charge in [0.2, 0.25) is 5.89 Å². The van der Waals surface area contributed by atoms with Crippen molar-refractivity contribution in [2.75, 3.05) is 26.2 Å². The normalized spacial score (nSPS) is 21.4. The maximum atomic E-state index is 12.7. The highest BCUT2D eigenvalue weighted by atomic mass is 16.3. The first-order chi connectivity index (χ1) is 12.2. The molecule has 6 nitrogen and oxygen atoms in total. The Labute approximate surface area is 150 Å². The van der Waals surface area contributed by atoms with Crippen molar-refractivity contribution in [3.05, 3.63) is 17.8 Å². The van der Waals surface area contributed by atoms with Crippen molar-refractivity contribution in [2.45, 2.75) is 70.4 Å². The Kier molecular flexibility index (Phi) is 6.48. The number of rotatable bonds is 6. The minimum Gasteiger partial charge on any atom is -0.446 e. The van der Waals surface area contributed by atoms with E-state index in [9.17, 15) is 4.79 Å². The van der Waals surface area contributed by atoms with Crippen LogP contribution in [0.3, 0.4) is 0 Å². The molecule has 140 valence electrons. The van der Waals surface area contributed by atoms with E-state index in [-0.39, 0.29) is 11.9 Å². The quantitative estimate of drug-likeness (QED) is 0.855. The van der Waals surface area contributed by atoms with E-state index in [1.165, 1.54) is 38.6 Å². The van der Waals surface area contributed by atoms with E-state index in [0.29, 0.717) is 17.6 Å². The number of hydrogen-bond acceptors (Lipinski definition) is 5. The first-order valence-corrected chi connectivity index (χ1v) is 9.93. The number of oxazole rings is 1. The monoisotopic (exact) mass is 348 g/mol. The van der Waals surface area contributed by atoms with Crippen LogP contribution in [0.5, 0.6) is 0 Å². The lowest BCUT2D eigenvalue weighted by atomic mass is 10.00. The van der Waals surface area contributed by atoms with Gasteiger partial charge in [-0.2, -0.15) is 0 Å². The molecule has 3 rings (SSSR count). The fourth-order valence-electron chi connectivity index (χ4n) is 3.98. The molecule has 2 N–H and O–H groups in total. The molecule has 25 heavy (non-hydrogen) atoms. The molecule has 0 aliphatic carbocycles. The zero-order chi connectivity index (χ0) is 17.6. The van der Waals surface area contributed by atoms with Crippen molar-refractivity contribution in [2.24, 2.45) is 5.73 Å². The van der Waals surface area contributed by atoms with Gasteiger partial charge in [-0.3, -0.25) is 4.79 Å². The van der Waals surface area contributed by atoms with Crippen molar-refractivity contribution in [1.29, 1.82) is 0 Å². The van der Waals surface area contributed by atoms with Gasteiger partial charge >= 0.3 is 0 Å². The average molecular weight is 348 g/mol. The first-order valence-electron chi connectivity index (χ1n) is 9.93. The molecular weight excluding hydrogens is 316 g/mol. The third-order valence-corrected chi connectivity index (χ3v) is 5.59. The van der Waals surface area contributed by atoms with Gasteiger partial charge in [-0.15, -0.1) is 0 Å². The van der Waals surface area contributed by atoms with Gasteiger partial charge in [0.1, 0.15) is 6.26 Å². The number of nitrogens with zero attached hydrogens (tertiary/aromatic N) is 3. The van der Waals surface area contributed by atoms with Gasteiger partial charge in [0.05, 0.1) is 6.04 Å². The van der Waals surface area contributed by atoms with Crippen LogP contribution in [0, 0.1) is 0 Å². The summed E-state index contributed by atoms with van der Waals surface area (Å²) in [7, 11) is 0. The number of nitrogens with two attached hydrogens (primary N) is 1. The van der Waals surface area contributed by atoms with Crippen LogP contribution in [0.1, 0.15) is 80.7 Å². The number of aromatic nitrogens is 1. The summed E-state index contributed by atoms with van der Waals surface area (Å²) in [6, 6.07) is 0.422. The zero-order valence-electron chi connectivity index (χ0n) is 15.5. The number of likely N-dealkylation sites (tertiary alicyclic amines) is 2. The highest BCUT2D eigenvalue weighted by Gasteiger charge is 2.29. The van der Waals surface area contributed by atoms with Crippen molar-refractivity contribution in [1.82, 2.24) is 14.8 Å². The fraction of sp³-hybridized carbons (Fsp3) is 0.789. The van der Waals surface area contributed by atoms with Crippen molar-refractivity contribution in [3.63, 3.8) is 0 Å². The van der Waals surface area contributed by atoms with Gasteiger partial charge < -0.3 is 20.0 Å². The molecule has 2 fully saturated rings. The second-order valence-electron chi connectivity index (χ2n) is 7.44. The highest BCUT2D eigenvalue weighted by Crippen LogP contribution is 2.22. The summed E-state index contributed by atoms with van der Waals surface area (Å²) < 4.78 is 5.46. The molecule has 1 aromatic rings. The number of carbonyl (C=O) groups is 1. The third-order valence-electron chi connectivity index (χ3n) is 5.59. The predicted octanol–water partition coefficient (Wildman–Crippen LogP) is 2.96. The van der Waals surface area contributed by atoms with Gasteiger partial charge in [-0.25, -0.2) is 4.98 Å². The lowest BCUT2D eigenvalue weighted by Crippen LogP contribution is -2.48. The Morgan fingerprint density at radius 2 is 2.00 bits per heavy atom. The van der Waals surface area contributed by atoms with Crippen LogP contribution >= 0.6 is 0 Å². The van der Waals surface area contributed by atoms with Gasteiger partial charge in [-0.05, 0) is 45.2 Å². The third kappa shape index (κ3) is 4.61. The molecule has 2 aliphatic heterocycles. The number of carbonyl (C=O) groups excluding carboxylic acids is 1. The maximum absolute atomic E-state index is 12.7. The Hall–Kier alpha value is -1.40. The largest absolute Gasteiger partial charge is 0.446 e. The topological polar surface area (TPSA) is 75.6 Å². The predicted molar refractivity (Wildman–Crippen MR) is 97.3 cm³/mol. The van der Waals surface area contributed by atoms with Crippen molar-refractivity contribution in [3.8, 4) is 0 Å². The second-order valence-corrected chi connectivity index (χ2v) is 7.44. The van der Waals surface area contributed by atoms with E-state index < -0.39 is 0 Å². The number of unbranched alkanes of at least 4 members (excludes halogenated alkanes) is 1. The van der Waals surface area contributed by atoms with Gasteiger partial charge in [0.25, 0.3) is 5.91 Å². The van der Waals surface area contributed by atoms with E-state index in [4.69, 9.17) is 10.2 Å². The van der Waals surface area contributed by atoms with Gasteiger partial charge in [0, 0.05) is 19.1 Å². The minimum atomic E-state index is -0.216. The molecule has 6 heteroatoms. The van der Waals surface area contributed by atoms with E-state index in [0.717, 1.165) is 45.2 Å². The van der Waals surface area contributed by atoms with Crippen LogP contribution < -0.4 is 5.73 Å². The Morgan fingerprint density at radius 3 is 2.68 bits per heavy atom. The van der Waals surface area contributed by atoms with E-state index in [1.54, 1.807) is 0 Å². The number of amides is 1. The Morgan fingerprint density at radius 1 is 1.28 bits per heavy atom. The molecule has 0 saturated carbocycles. The average Bonchev–Trinajstić information content (AvgIpc) is 3.16. The SMILES string of the molecule is CCCCC(N)c1nc(C(=O)N2CCC(N3CCCCC3)CC2)co1. The van der Waals surface area contributed by atoms with E-state index >= 15 is 0 Å². The summed E-state index contributed by atoms with van der Waals surface area (Å²) in [5.41, 5.74) is 6.49. The summed E-state index contributed by atoms with van der Waals surface area (Å²) >= 11 is 0. The van der Waals surface area contributed by atoms with Crippen LogP contribution in [0.4, 0.5) is 0 Å². The van der Waals surface area contributed by atoms with Crippen LogP contribution in [0.25, 0.3) is 0 Å². The summed E-state index contributed by atoms with van der Waals surface area (Å²) in [5, 5.41) is 0. The van der Waals surface area contributed by atoms with Gasteiger partial charge in [-0.1, -0.05) is 26.2 Å². The summed E-state index contributed by atoms with van der Waals surface area (Å²) in [4.78, 5) is 21.6. The molecule has 0 aromatic carbocycles. The lowest BCUT2D eigenvalue weighted by Gasteiger charge is -2.40. The van der Waals surface area contributed by atoms with E-state index in [2.05, 4.69) is 16.8 Å². The highest BCUT2D eigenvalue weighted by molar-refractivity contribution is 5.92. The molecule has 1 atom stereocenters. The molecule has 0 radical (unpaired) electrons. The van der Waals surface area contributed by atoms with Crippen molar-refractivity contribution >= 4 is 5.91 Å². The molecule has 0 bridgehead atoms. The fourth-order valence-corrected chi connectivity index (χ4v) is 3.98. The molecule has 1 unspecified atom stereocenters. The molecular formula is C19H32N4O2. The standard InChI is InChI=1S/C19H32N4O2/c1-2-3-7-16(20)18-21-17(14-25-18)19(24)23-12-8-15(9-13-23)22-10-5-4-6-11-22/h14-16H,2-13,20H2,1H3. The van der Waals surface area contributed by atoms with E-state index in [1.807, 2.05) is 4.90 Å². The Balaban J connectivity index is 1.51. The first kappa shape index (κ1) is 18.4. The molecule has 1 amide bonds. The smallest absolute Gasteiger partial charge is 0.275 e. The maximum Gasteiger partial charge on any atom is 0.275 e. The molecule has 1 aromatic heterocycles. The second kappa shape index (κ2) is 8.81. The van der Waals surface area contributed by atoms with Crippen LogP contribution in [-0.2, 0) is 0 Å². The molecule has 2 saturated heterocycles. The van der Waals surface area contributed by atoms with Gasteiger partial charge in [0.15, 0.2) is 5.69 Å². The zero-order valence-corrected chi connectivity index (χ0v) is 15.5. The number of hydrogen-bond donors (Lipinski definition) is 1. The van der Waals surface area contributed by atoms with Crippen LogP contribution in [0.15, 0.2) is 10.7 Å². The molecule has 3 heterocycles. The lowest BCUT2D eigenvalue weighted by molar-refractivity contribution is 0.0584. The summed E-state index contributed by atoms with van der Waals surface area (Å²) in [5.74, 6) is 0.467. The van der Waals surface area contributed by atoms with Crippen LogP contribution in [-0.4, -0.2) is 52.9 Å². The molecule has 2 aliphatic rings. The minimum absolute atomic E-state index is 0.0187. The van der Waals surface area contributed by atoms with Crippen LogP contribution in [0.2, 0.25) is 0 Å². The Bertz CT molecular complexity index is 545.